The molecule has 7 rings (SSSR count). The molecule has 0 unspecified atom stereocenters. The van der Waals surface area contributed by atoms with Crippen molar-refractivity contribution in [1.82, 2.24) is 9.88 Å². The zero-order valence-electron chi connectivity index (χ0n) is 27.9. The number of rotatable bonds is 10. The summed E-state index contributed by atoms with van der Waals surface area (Å²) in [5, 5.41) is 26.0. The van der Waals surface area contributed by atoms with E-state index >= 15 is 0 Å². The van der Waals surface area contributed by atoms with Gasteiger partial charge in [-0.2, -0.15) is 0 Å². The Hall–Kier alpha value is -5.51. The predicted molar refractivity (Wildman–Crippen MR) is 193 cm³/mol. The van der Waals surface area contributed by atoms with Crippen molar-refractivity contribution in [3.8, 4) is 0 Å². The molecule has 1 aromatic heterocycles. The summed E-state index contributed by atoms with van der Waals surface area (Å²) in [7, 11) is 0. The lowest BCUT2D eigenvalue weighted by atomic mass is 9.83. The highest BCUT2D eigenvalue weighted by Gasteiger charge is 2.52. The second-order valence-corrected chi connectivity index (χ2v) is 13.2. The summed E-state index contributed by atoms with van der Waals surface area (Å²) in [6.45, 7) is 2.33. The van der Waals surface area contributed by atoms with Gasteiger partial charge in [0.2, 0.25) is 11.8 Å². The fourth-order valence-corrected chi connectivity index (χ4v) is 7.26. The normalized spacial score (nSPS) is 19.1. The van der Waals surface area contributed by atoms with Crippen LogP contribution >= 0.6 is 0 Å². The number of para-hydroxylation sites is 2. The molecule has 3 amide bonds. The SMILES string of the molecule is C[C@@H](/C=C/CC(=O)N1Cc2ccccc2C[C@H]1CO)[C@]1(O)C(=O)N(Cc2ccc(NC(=O)Cc3c[nH]c4ccccc34)cc2)c2ccccc21. The van der Waals surface area contributed by atoms with E-state index in [1.54, 1.807) is 41.0 Å². The van der Waals surface area contributed by atoms with E-state index in [4.69, 9.17) is 0 Å². The molecular formula is C41H40N4O5. The van der Waals surface area contributed by atoms with Crippen molar-refractivity contribution in [1.29, 1.82) is 0 Å². The van der Waals surface area contributed by atoms with Gasteiger partial charge in [-0.05, 0) is 52.9 Å². The lowest BCUT2D eigenvalue weighted by molar-refractivity contribution is -0.139. The van der Waals surface area contributed by atoms with Crippen molar-refractivity contribution in [3.05, 3.63) is 143 Å². The van der Waals surface area contributed by atoms with Crippen LogP contribution < -0.4 is 10.2 Å². The number of H-pyrrole nitrogens is 1. The first kappa shape index (κ1) is 33.0. The van der Waals surface area contributed by atoms with Gasteiger partial charge < -0.3 is 30.3 Å². The van der Waals surface area contributed by atoms with Gasteiger partial charge >= 0.3 is 0 Å². The highest BCUT2D eigenvalue weighted by molar-refractivity contribution is 6.07. The van der Waals surface area contributed by atoms with Crippen LogP contribution in [0.15, 0.2) is 115 Å². The molecule has 4 N–H and O–H groups in total. The average Bonchev–Trinajstić information content (AvgIpc) is 3.64. The molecule has 50 heavy (non-hydrogen) atoms. The van der Waals surface area contributed by atoms with Crippen LogP contribution in [-0.4, -0.2) is 50.5 Å². The minimum atomic E-state index is -1.82. The first-order valence-electron chi connectivity index (χ1n) is 17.0. The zero-order valence-corrected chi connectivity index (χ0v) is 27.9. The molecule has 0 fully saturated rings. The molecule has 4 aromatic carbocycles. The minimum absolute atomic E-state index is 0.0866. The van der Waals surface area contributed by atoms with E-state index in [1.807, 2.05) is 91.1 Å². The van der Waals surface area contributed by atoms with Crippen molar-refractivity contribution in [2.45, 2.75) is 50.9 Å². The Balaban J connectivity index is 1.00. The average molecular weight is 669 g/mol. The number of aliphatic hydroxyl groups is 2. The van der Waals surface area contributed by atoms with Gasteiger partial charge in [0, 0.05) is 47.2 Å². The maximum atomic E-state index is 14.0. The standard InChI is InChI=1S/C41H40N4O5/c1-27(9-8-16-39(48)44-25-30-11-3-2-10-29(30)21-33(44)26-46)41(50)35-13-5-7-15-37(35)45(40(41)49)24-28-17-19-32(20-18-28)43-38(47)22-31-23-42-36-14-6-4-12-34(31)36/h2-15,17-20,23,27,33,42,46,50H,16,21-22,24-26H2,1H3,(H,43,47)/b9-8+/t27-,33-,41+/m0/s1. The number of benzene rings is 4. The number of aromatic amines is 1. The molecule has 0 bridgehead atoms. The molecule has 2 aliphatic heterocycles. The lowest BCUT2D eigenvalue weighted by Crippen LogP contribution is -2.46. The minimum Gasteiger partial charge on any atom is -0.394 e. The molecule has 0 saturated carbocycles. The van der Waals surface area contributed by atoms with Crippen LogP contribution in [0, 0.1) is 5.92 Å². The van der Waals surface area contributed by atoms with Crippen molar-refractivity contribution in [2.75, 3.05) is 16.8 Å². The van der Waals surface area contributed by atoms with E-state index < -0.39 is 17.4 Å². The Labute approximate surface area is 290 Å². The highest BCUT2D eigenvalue weighted by atomic mass is 16.3. The number of carbonyl (C=O) groups is 3. The number of fused-ring (bicyclic) bond motifs is 3. The highest BCUT2D eigenvalue weighted by Crippen LogP contribution is 2.45. The van der Waals surface area contributed by atoms with Gasteiger partial charge in [0.05, 0.1) is 31.3 Å². The molecule has 0 radical (unpaired) electrons. The summed E-state index contributed by atoms with van der Waals surface area (Å²) in [6, 6.07) is 30.1. The van der Waals surface area contributed by atoms with Gasteiger partial charge in [-0.15, -0.1) is 0 Å². The van der Waals surface area contributed by atoms with E-state index in [0.29, 0.717) is 29.9 Å². The number of aromatic nitrogens is 1. The number of carbonyl (C=O) groups excluding carboxylic acids is 3. The maximum Gasteiger partial charge on any atom is 0.264 e. The molecule has 9 nitrogen and oxygen atoms in total. The molecule has 2 aliphatic rings. The number of aliphatic hydroxyl groups excluding tert-OH is 1. The number of amides is 3. The Morgan fingerprint density at radius 3 is 2.50 bits per heavy atom. The van der Waals surface area contributed by atoms with Crippen LogP contribution in [0.2, 0.25) is 0 Å². The van der Waals surface area contributed by atoms with E-state index in [9.17, 15) is 24.6 Å². The Kier molecular flexibility index (Phi) is 9.10. The van der Waals surface area contributed by atoms with Crippen molar-refractivity contribution >= 4 is 40.0 Å². The lowest BCUT2D eigenvalue weighted by Gasteiger charge is -2.36. The van der Waals surface area contributed by atoms with E-state index in [1.165, 1.54) is 0 Å². The number of anilines is 2. The van der Waals surface area contributed by atoms with Gasteiger partial charge in [-0.3, -0.25) is 14.4 Å². The van der Waals surface area contributed by atoms with E-state index in [0.717, 1.165) is 33.2 Å². The number of hydrogen-bond acceptors (Lipinski definition) is 5. The molecule has 254 valence electrons. The van der Waals surface area contributed by atoms with E-state index in [2.05, 4.69) is 10.3 Å². The van der Waals surface area contributed by atoms with Crippen molar-refractivity contribution in [3.63, 3.8) is 0 Å². The molecule has 3 atom stereocenters. The summed E-state index contributed by atoms with van der Waals surface area (Å²) >= 11 is 0. The molecule has 5 aromatic rings. The molecule has 0 spiro atoms. The van der Waals surface area contributed by atoms with Crippen LogP contribution in [0.3, 0.4) is 0 Å². The van der Waals surface area contributed by atoms with Crippen LogP contribution in [0.5, 0.6) is 0 Å². The fourth-order valence-electron chi connectivity index (χ4n) is 7.26. The van der Waals surface area contributed by atoms with Crippen molar-refractivity contribution < 1.29 is 24.6 Å². The molecular weight excluding hydrogens is 628 g/mol. The predicted octanol–water partition coefficient (Wildman–Crippen LogP) is 5.61. The van der Waals surface area contributed by atoms with Gasteiger partial charge in [-0.1, -0.05) is 91.9 Å². The molecule has 0 aliphatic carbocycles. The second kappa shape index (κ2) is 13.8. The van der Waals surface area contributed by atoms with Crippen LogP contribution in [0.25, 0.3) is 10.9 Å². The Bertz CT molecular complexity index is 2090. The van der Waals surface area contributed by atoms with Gasteiger partial charge in [0.1, 0.15) is 0 Å². The number of nitrogens with one attached hydrogen (secondary N) is 2. The summed E-state index contributed by atoms with van der Waals surface area (Å²) in [4.78, 5) is 46.6. The van der Waals surface area contributed by atoms with Crippen LogP contribution in [-0.2, 0) is 45.9 Å². The summed E-state index contributed by atoms with van der Waals surface area (Å²) in [6.07, 6.45) is 6.23. The van der Waals surface area contributed by atoms with Gasteiger partial charge in [0.15, 0.2) is 5.60 Å². The smallest absolute Gasteiger partial charge is 0.264 e. The monoisotopic (exact) mass is 668 g/mol. The third-order valence-electron chi connectivity index (χ3n) is 10.0. The fraction of sp³-hybridized carbons (Fsp3) is 0.244. The second-order valence-electron chi connectivity index (χ2n) is 13.2. The largest absolute Gasteiger partial charge is 0.394 e. The topological polar surface area (TPSA) is 126 Å². The Morgan fingerprint density at radius 1 is 0.980 bits per heavy atom. The third-order valence-corrected chi connectivity index (χ3v) is 10.0. The van der Waals surface area contributed by atoms with E-state index in [-0.39, 0.29) is 43.8 Å². The Morgan fingerprint density at radius 2 is 1.70 bits per heavy atom. The quantitative estimate of drug-likeness (QED) is 0.144. The maximum absolute atomic E-state index is 14.0. The third kappa shape index (κ3) is 6.21. The number of hydrogen-bond donors (Lipinski definition) is 4. The first-order valence-corrected chi connectivity index (χ1v) is 17.0. The van der Waals surface area contributed by atoms with Gasteiger partial charge in [0.25, 0.3) is 5.91 Å². The summed E-state index contributed by atoms with van der Waals surface area (Å²) in [5.74, 6) is -1.31. The molecule has 9 heteroatoms. The summed E-state index contributed by atoms with van der Waals surface area (Å²) < 4.78 is 0. The first-order chi connectivity index (χ1) is 24.3. The number of nitrogens with zero attached hydrogens (tertiary/aromatic N) is 2. The summed E-state index contributed by atoms with van der Waals surface area (Å²) in [5.41, 5.74) is 4.95. The molecule has 3 heterocycles. The van der Waals surface area contributed by atoms with Crippen molar-refractivity contribution in [2.24, 2.45) is 5.92 Å². The zero-order chi connectivity index (χ0) is 34.8. The molecule has 0 saturated heterocycles. The van der Waals surface area contributed by atoms with Crippen LogP contribution in [0.4, 0.5) is 11.4 Å². The van der Waals surface area contributed by atoms with Gasteiger partial charge in [-0.25, -0.2) is 0 Å². The van der Waals surface area contributed by atoms with Crippen LogP contribution in [0.1, 0.15) is 41.2 Å².